The summed E-state index contributed by atoms with van der Waals surface area (Å²) in [4.78, 5) is 14.3. The zero-order valence-corrected chi connectivity index (χ0v) is 17.9. The number of carbonyl (C=O) groups excluding carboxylic acids is 1. The minimum atomic E-state index is -3.57. The molecule has 0 bridgehead atoms. The van der Waals surface area contributed by atoms with Crippen LogP contribution >= 0.6 is 27.5 Å². The van der Waals surface area contributed by atoms with Crippen molar-refractivity contribution in [1.82, 2.24) is 9.21 Å². The van der Waals surface area contributed by atoms with Crippen molar-refractivity contribution >= 4 is 49.1 Å². The molecule has 2 aromatic rings. The Hall–Kier alpha value is -1.52. The second-order valence-electron chi connectivity index (χ2n) is 6.31. The summed E-state index contributed by atoms with van der Waals surface area (Å²) < 4.78 is 40.7. The molecule has 28 heavy (non-hydrogen) atoms. The van der Waals surface area contributed by atoms with Crippen LogP contribution < -0.4 is 5.32 Å². The lowest BCUT2D eigenvalue weighted by Crippen LogP contribution is -2.50. The van der Waals surface area contributed by atoms with Gasteiger partial charge >= 0.3 is 0 Å². The quantitative estimate of drug-likeness (QED) is 0.699. The van der Waals surface area contributed by atoms with Crippen molar-refractivity contribution in [3.63, 3.8) is 0 Å². The van der Waals surface area contributed by atoms with Gasteiger partial charge in [-0.05, 0) is 36.4 Å². The van der Waals surface area contributed by atoms with Crippen molar-refractivity contribution < 1.29 is 17.6 Å². The van der Waals surface area contributed by atoms with Gasteiger partial charge in [-0.15, -0.1) is 0 Å². The fourth-order valence-corrected chi connectivity index (χ4v) is 5.12. The molecule has 0 aromatic heterocycles. The minimum absolute atomic E-state index is 0.0957. The third-order valence-corrected chi connectivity index (χ3v) is 7.04. The van der Waals surface area contributed by atoms with E-state index in [9.17, 15) is 17.6 Å². The summed E-state index contributed by atoms with van der Waals surface area (Å²) in [6.07, 6.45) is 0. The number of hydrogen-bond donors (Lipinski definition) is 1. The van der Waals surface area contributed by atoms with E-state index in [-0.39, 0.29) is 22.4 Å². The zero-order valence-electron chi connectivity index (χ0n) is 14.7. The summed E-state index contributed by atoms with van der Waals surface area (Å²) in [5.41, 5.74) is 0.337. The predicted octanol–water partition coefficient (Wildman–Crippen LogP) is 3.19. The number of amides is 1. The van der Waals surface area contributed by atoms with E-state index in [0.717, 1.165) is 6.07 Å². The SMILES string of the molecule is O=C(CN1CCN(S(=O)(=O)c2cccc(Br)c2)CC1)Nc1ccc(F)cc1Cl. The number of nitrogens with one attached hydrogen (secondary N) is 1. The molecular weight excluding hydrogens is 473 g/mol. The molecule has 0 radical (unpaired) electrons. The first-order valence-corrected chi connectivity index (χ1v) is 11.1. The van der Waals surface area contributed by atoms with E-state index in [2.05, 4.69) is 21.2 Å². The van der Waals surface area contributed by atoms with Crippen molar-refractivity contribution in [1.29, 1.82) is 0 Å². The molecule has 1 saturated heterocycles. The van der Waals surface area contributed by atoms with Crippen LogP contribution in [0.15, 0.2) is 51.8 Å². The largest absolute Gasteiger partial charge is 0.324 e. The Balaban J connectivity index is 1.56. The molecule has 1 aliphatic rings. The number of rotatable bonds is 5. The van der Waals surface area contributed by atoms with Gasteiger partial charge in [0.2, 0.25) is 15.9 Å². The number of anilines is 1. The molecule has 0 unspecified atom stereocenters. The van der Waals surface area contributed by atoms with Gasteiger partial charge in [0.1, 0.15) is 5.82 Å². The maximum absolute atomic E-state index is 13.1. The van der Waals surface area contributed by atoms with Crippen LogP contribution in [0.25, 0.3) is 0 Å². The van der Waals surface area contributed by atoms with E-state index in [4.69, 9.17) is 11.6 Å². The highest BCUT2D eigenvalue weighted by Gasteiger charge is 2.29. The molecule has 3 rings (SSSR count). The second-order valence-corrected chi connectivity index (χ2v) is 9.57. The molecule has 10 heteroatoms. The fraction of sp³-hybridized carbons (Fsp3) is 0.278. The number of carbonyl (C=O) groups is 1. The second kappa shape index (κ2) is 8.87. The first-order chi connectivity index (χ1) is 13.3. The van der Waals surface area contributed by atoms with Crippen molar-refractivity contribution in [2.75, 3.05) is 38.0 Å². The first kappa shape index (κ1) is 21.2. The van der Waals surface area contributed by atoms with Crippen LogP contribution in [0, 0.1) is 5.82 Å². The topological polar surface area (TPSA) is 69.7 Å². The van der Waals surface area contributed by atoms with Gasteiger partial charge in [-0.3, -0.25) is 9.69 Å². The van der Waals surface area contributed by atoms with E-state index in [1.54, 1.807) is 24.3 Å². The van der Waals surface area contributed by atoms with Crippen molar-refractivity contribution in [2.24, 2.45) is 0 Å². The Labute approximate surface area is 176 Å². The van der Waals surface area contributed by atoms with Gasteiger partial charge in [0.15, 0.2) is 0 Å². The lowest BCUT2D eigenvalue weighted by atomic mass is 10.3. The Bertz CT molecular complexity index is 982. The molecule has 150 valence electrons. The number of hydrogen-bond acceptors (Lipinski definition) is 4. The Morgan fingerprint density at radius 3 is 2.50 bits per heavy atom. The lowest BCUT2D eigenvalue weighted by molar-refractivity contribution is -0.117. The average Bonchev–Trinajstić information content (AvgIpc) is 2.64. The number of halogens is 3. The zero-order chi connectivity index (χ0) is 20.3. The fourth-order valence-electron chi connectivity index (χ4n) is 2.89. The molecule has 1 amide bonds. The van der Waals surface area contributed by atoms with Crippen molar-refractivity contribution in [2.45, 2.75) is 4.90 Å². The summed E-state index contributed by atoms with van der Waals surface area (Å²) in [6.45, 7) is 1.53. The monoisotopic (exact) mass is 489 g/mol. The molecule has 0 atom stereocenters. The molecule has 2 aromatic carbocycles. The predicted molar refractivity (Wildman–Crippen MR) is 109 cm³/mol. The van der Waals surface area contributed by atoms with Crippen LogP contribution in [0.2, 0.25) is 5.02 Å². The molecule has 6 nitrogen and oxygen atoms in total. The van der Waals surface area contributed by atoms with E-state index < -0.39 is 15.8 Å². The number of benzene rings is 2. The Morgan fingerprint density at radius 2 is 1.86 bits per heavy atom. The first-order valence-electron chi connectivity index (χ1n) is 8.49. The minimum Gasteiger partial charge on any atom is -0.324 e. The molecule has 0 aliphatic carbocycles. The van der Waals surface area contributed by atoms with Gasteiger partial charge in [-0.2, -0.15) is 4.31 Å². The summed E-state index contributed by atoms with van der Waals surface area (Å²) >= 11 is 9.20. The summed E-state index contributed by atoms with van der Waals surface area (Å²) in [5, 5.41) is 2.77. The van der Waals surface area contributed by atoms with Crippen LogP contribution in [0.5, 0.6) is 0 Å². The summed E-state index contributed by atoms with van der Waals surface area (Å²) in [6, 6.07) is 10.3. The van der Waals surface area contributed by atoms with Gasteiger partial charge in [0.05, 0.1) is 22.2 Å². The highest BCUT2D eigenvalue weighted by molar-refractivity contribution is 9.10. The van der Waals surface area contributed by atoms with Gasteiger partial charge < -0.3 is 5.32 Å². The molecular formula is C18H18BrClFN3O3S. The van der Waals surface area contributed by atoms with Crippen molar-refractivity contribution in [3.8, 4) is 0 Å². The van der Waals surface area contributed by atoms with E-state index >= 15 is 0 Å². The number of nitrogens with zero attached hydrogens (tertiary/aromatic N) is 2. The lowest BCUT2D eigenvalue weighted by Gasteiger charge is -2.33. The third-order valence-electron chi connectivity index (χ3n) is 4.34. The van der Waals surface area contributed by atoms with Crippen LogP contribution in [-0.2, 0) is 14.8 Å². The van der Waals surface area contributed by atoms with Crippen molar-refractivity contribution in [3.05, 3.63) is 57.8 Å². The maximum atomic E-state index is 13.1. The molecule has 0 spiro atoms. The van der Waals surface area contributed by atoms with Crippen LogP contribution in [0.4, 0.5) is 10.1 Å². The number of sulfonamides is 1. The summed E-state index contributed by atoms with van der Waals surface area (Å²) in [7, 11) is -3.57. The standard InChI is InChI=1S/C18H18BrClFN3O3S/c19-13-2-1-3-15(10-13)28(26,27)24-8-6-23(7-9-24)12-18(25)22-17-5-4-14(21)11-16(17)20/h1-5,10-11H,6-9,12H2,(H,22,25). The summed E-state index contributed by atoms with van der Waals surface area (Å²) in [5.74, 6) is -0.775. The van der Waals surface area contributed by atoms with E-state index in [1.807, 2.05) is 4.90 Å². The van der Waals surface area contributed by atoms with Gasteiger partial charge in [0.25, 0.3) is 0 Å². The maximum Gasteiger partial charge on any atom is 0.243 e. The van der Waals surface area contributed by atoms with E-state index in [0.29, 0.717) is 36.3 Å². The molecule has 1 N–H and O–H groups in total. The van der Waals surface area contributed by atoms with Crippen LogP contribution in [0.3, 0.4) is 0 Å². The molecule has 1 heterocycles. The smallest absolute Gasteiger partial charge is 0.243 e. The van der Waals surface area contributed by atoms with Gasteiger partial charge in [0, 0.05) is 30.7 Å². The molecule has 1 aliphatic heterocycles. The Kier molecular flexibility index (Phi) is 6.72. The third kappa shape index (κ3) is 5.09. The van der Waals surface area contributed by atoms with Crippen LogP contribution in [-0.4, -0.2) is 56.3 Å². The van der Waals surface area contributed by atoms with Crippen LogP contribution in [0.1, 0.15) is 0 Å². The van der Waals surface area contributed by atoms with Gasteiger partial charge in [-0.1, -0.05) is 33.6 Å². The highest BCUT2D eigenvalue weighted by Crippen LogP contribution is 2.23. The van der Waals surface area contributed by atoms with E-state index in [1.165, 1.54) is 16.4 Å². The molecule has 1 fully saturated rings. The normalized spacial score (nSPS) is 16.1. The highest BCUT2D eigenvalue weighted by atomic mass is 79.9. The molecule has 0 saturated carbocycles. The Morgan fingerprint density at radius 1 is 1.14 bits per heavy atom. The number of piperazine rings is 1. The van der Waals surface area contributed by atoms with Gasteiger partial charge in [-0.25, -0.2) is 12.8 Å². The average molecular weight is 491 g/mol.